The van der Waals surface area contributed by atoms with E-state index in [1.54, 1.807) is 38.3 Å². The van der Waals surface area contributed by atoms with Crippen LogP contribution in [0.5, 0.6) is 11.5 Å². The molecule has 1 saturated heterocycles. The van der Waals surface area contributed by atoms with E-state index in [0.717, 1.165) is 35.7 Å². The zero-order valence-electron chi connectivity index (χ0n) is 19.2. The maximum absolute atomic E-state index is 12.9. The molecule has 0 N–H and O–H groups in total. The largest absolute Gasteiger partial charge is 0.493 e. The van der Waals surface area contributed by atoms with E-state index >= 15 is 0 Å². The van der Waals surface area contributed by atoms with Gasteiger partial charge in [-0.25, -0.2) is 0 Å². The first-order chi connectivity index (χ1) is 15.8. The Morgan fingerprint density at radius 2 is 1.82 bits per heavy atom. The van der Waals surface area contributed by atoms with Crippen molar-refractivity contribution in [3.05, 3.63) is 58.5 Å². The third-order valence-corrected chi connectivity index (χ3v) is 7.37. The number of hydrogen-bond donors (Lipinski definition) is 0. The summed E-state index contributed by atoms with van der Waals surface area (Å²) in [5.74, 6) is 0.920. The summed E-state index contributed by atoms with van der Waals surface area (Å²) in [4.78, 5) is 14.8. The van der Waals surface area contributed by atoms with E-state index < -0.39 is 10.0 Å². The fraction of sp³-hybridized carbons (Fsp3) is 0.333. The number of hydrogen-bond acceptors (Lipinski definition) is 6. The van der Waals surface area contributed by atoms with Crippen LogP contribution in [-0.2, 0) is 14.8 Å². The molecule has 0 atom stereocenters. The molecule has 1 aliphatic rings. The smallest absolute Gasteiger partial charge is 0.284 e. The average molecular weight is 489 g/mol. The minimum absolute atomic E-state index is 0.0890. The van der Waals surface area contributed by atoms with Crippen molar-refractivity contribution in [1.29, 1.82) is 0 Å². The van der Waals surface area contributed by atoms with Crippen molar-refractivity contribution in [1.82, 2.24) is 4.90 Å². The molecular formula is C24H28N2O5S2. The Hall–Kier alpha value is -2.78. The predicted molar refractivity (Wildman–Crippen MR) is 132 cm³/mol. The standard InChI is InChI=1S/C24H28N2O5S2/c1-5-7-14-31-21-15-18(10-13-20(21)30-4)16-22-23(27)26(6-2)24(32-22)25-33(28,29)19-11-8-17(3)9-12-19/h8-13,15-16H,5-7,14H2,1-4H3/b22-16-,25-24?. The van der Waals surface area contributed by atoms with Gasteiger partial charge in [-0.05, 0) is 67.9 Å². The number of amidine groups is 1. The Labute approximate surface area is 199 Å². The van der Waals surface area contributed by atoms with Crippen LogP contribution >= 0.6 is 11.8 Å². The lowest BCUT2D eigenvalue weighted by Crippen LogP contribution is -2.29. The van der Waals surface area contributed by atoms with Gasteiger partial charge in [0.2, 0.25) is 0 Å². The summed E-state index contributed by atoms with van der Waals surface area (Å²) < 4.78 is 40.7. The zero-order chi connectivity index (χ0) is 24.0. The fourth-order valence-electron chi connectivity index (χ4n) is 3.09. The van der Waals surface area contributed by atoms with Gasteiger partial charge in [0.25, 0.3) is 15.9 Å². The number of aryl methyl sites for hydroxylation is 1. The second-order valence-electron chi connectivity index (χ2n) is 7.43. The number of carbonyl (C=O) groups excluding carboxylic acids is 1. The van der Waals surface area contributed by atoms with Gasteiger partial charge in [0.05, 0.1) is 23.5 Å². The summed E-state index contributed by atoms with van der Waals surface area (Å²) in [5.41, 5.74) is 1.70. The van der Waals surface area contributed by atoms with Crippen molar-refractivity contribution >= 4 is 38.9 Å². The third kappa shape index (κ3) is 5.97. The van der Waals surface area contributed by atoms with Crippen molar-refractivity contribution in [2.45, 2.75) is 38.5 Å². The minimum atomic E-state index is -3.94. The van der Waals surface area contributed by atoms with Gasteiger partial charge < -0.3 is 9.47 Å². The molecule has 0 spiro atoms. The number of methoxy groups -OCH3 is 1. The predicted octanol–water partition coefficient (Wildman–Crippen LogP) is 4.86. The van der Waals surface area contributed by atoms with E-state index in [2.05, 4.69) is 11.3 Å². The molecule has 2 aromatic rings. The second kappa shape index (κ2) is 10.9. The zero-order valence-corrected chi connectivity index (χ0v) is 20.8. The minimum Gasteiger partial charge on any atom is -0.493 e. The number of nitrogens with zero attached hydrogens (tertiary/aromatic N) is 2. The summed E-state index contributed by atoms with van der Waals surface area (Å²) >= 11 is 1.04. The molecule has 1 aliphatic heterocycles. The van der Waals surface area contributed by atoms with Crippen LogP contribution in [0, 0.1) is 6.92 Å². The highest BCUT2D eigenvalue weighted by Gasteiger charge is 2.34. The van der Waals surface area contributed by atoms with Gasteiger partial charge in [0, 0.05) is 6.54 Å². The number of sulfonamides is 1. The van der Waals surface area contributed by atoms with Crippen LogP contribution in [0.3, 0.4) is 0 Å². The molecule has 0 saturated carbocycles. The van der Waals surface area contributed by atoms with Crippen molar-refractivity contribution in [2.24, 2.45) is 4.40 Å². The summed E-state index contributed by atoms with van der Waals surface area (Å²) in [6, 6.07) is 11.9. The molecule has 1 amide bonds. The van der Waals surface area contributed by atoms with E-state index in [4.69, 9.17) is 9.47 Å². The maximum Gasteiger partial charge on any atom is 0.284 e. The monoisotopic (exact) mass is 488 g/mol. The number of benzene rings is 2. The third-order valence-electron chi connectivity index (χ3n) is 4.96. The molecule has 7 nitrogen and oxygen atoms in total. The fourth-order valence-corrected chi connectivity index (χ4v) is 5.34. The number of ether oxygens (including phenoxy) is 2. The summed E-state index contributed by atoms with van der Waals surface area (Å²) in [6.07, 6.45) is 3.64. The van der Waals surface area contributed by atoms with Crippen LogP contribution in [0.25, 0.3) is 6.08 Å². The molecule has 0 unspecified atom stereocenters. The Morgan fingerprint density at radius 1 is 1.09 bits per heavy atom. The van der Waals surface area contributed by atoms with Crippen LogP contribution in [-0.4, -0.2) is 44.7 Å². The van der Waals surface area contributed by atoms with Gasteiger partial charge in [-0.15, -0.1) is 4.40 Å². The Bertz CT molecular complexity index is 1170. The molecule has 33 heavy (non-hydrogen) atoms. The number of amides is 1. The van der Waals surface area contributed by atoms with Crippen LogP contribution < -0.4 is 9.47 Å². The quantitative estimate of drug-likeness (QED) is 0.370. The molecule has 9 heteroatoms. The summed E-state index contributed by atoms with van der Waals surface area (Å²) in [6.45, 7) is 6.62. The lowest BCUT2D eigenvalue weighted by atomic mass is 10.2. The highest BCUT2D eigenvalue weighted by molar-refractivity contribution is 8.19. The number of likely N-dealkylation sites (N-methyl/N-ethyl adjacent to an activating group) is 1. The molecule has 3 rings (SSSR count). The molecule has 1 heterocycles. The van der Waals surface area contributed by atoms with Crippen LogP contribution in [0.1, 0.15) is 37.8 Å². The molecule has 0 bridgehead atoms. The van der Waals surface area contributed by atoms with E-state index in [-0.39, 0.29) is 16.0 Å². The number of unbranched alkanes of at least 4 members (excludes halogenated alkanes) is 1. The Balaban J connectivity index is 1.91. The highest BCUT2D eigenvalue weighted by Crippen LogP contribution is 2.35. The van der Waals surface area contributed by atoms with Crippen molar-refractivity contribution in [2.75, 3.05) is 20.3 Å². The maximum atomic E-state index is 12.9. The Morgan fingerprint density at radius 3 is 2.45 bits per heavy atom. The topological polar surface area (TPSA) is 85.3 Å². The van der Waals surface area contributed by atoms with Gasteiger partial charge in [0.1, 0.15) is 0 Å². The van der Waals surface area contributed by atoms with Gasteiger partial charge >= 0.3 is 0 Å². The van der Waals surface area contributed by atoms with Crippen LogP contribution in [0.15, 0.2) is 56.7 Å². The first-order valence-electron chi connectivity index (χ1n) is 10.7. The van der Waals surface area contributed by atoms with E-state index in [0.29, 0.717) is 29.6 Å². The van der Waals surface area contributed by atoms with E-state index in [1.807, 2.05) is 19.1 Å². The van der Waals surface area contributed by atoms with Crippen LogP contribution in [0.4, 0.5) is 0 Å². The molecular weight excluding hydrogens is 460 g/mol. The van der Waals surface area contributed by atoms with Gasteiger partial charge in [-0.2, -0.15) is 8.42 Å². The first kappa shape index (κ1) is 24.9. The number of thioether (sulfide) groups is 1. The molecule has 176 valence electrons. The number of carbonyl (C=O) groups is 1. The Kier molecular flexibility index (Phi) is 8.20. The lowest BCUT2D eigenvalue weighted by Gasteiger charge is -2.12. The lowest BCUT2D eigenvalue weighted by molar-refractivity contribution is -0.122. The highest BCUT2D eigenvalue weighted by atomic mass is 32.2. The number of rotatable bonds is 9. The molecule has 0 aliphatic carbocycles. The average Bonchev–Trinajstić information content (AvgIpc) is 3.07. The van der Waals surface area contributed by atoms with Crippen molar-refractivity contribution in [3.63, 3.8) is 0 Å². The van der Waals surface area contributed by atoms with Gasteiger partial charge in [-0.3, -0.25) is 9.69 Å². The molecule has 0 aromatic heterocycles. The first-order valence-corrected chi connectivity index (χ1v) is 13.0. The normalized spacial score (nSPS) is 16.6. The van der Waals surface area contributed by atoms with Crippen molar-refractivity contribution < 1.29 is 22.7 Å². The molecule has 0 radical (unpaired) electrons. The molecule has 2 aromatic carbocycles. The summed E-state index contributed by atoms with van der Waals surface area (Å²) in [7, 11) is -2.37. The summed E-state index contributed by atoms with van der Waals surface area (Å²) in [5, 5.41) is 0.141. The van der Waals surface area contributed by atoms with Gasteiger partial charge in [-0.1, -0.05) is 37.1 Å². The van der Waals surface area contributed by atoms with Gasteiger partial charge in [0.15, 0.2) is 16.7 Å². The van der Waals surface area contributed by atoms with E-state index in [9.17, 15) is 13.2 Å². The second-order valence-corrected chi connectivity index (χ2v) is 10.0. The van der Waals surface area contributed by atoms with Crippen molar-refractivity contribution in [3.8, 4) is 11.5 Å². The SMILES string of the molecule is CCCCOc1cc(/C=C2\SC(=NS(=O)(=O)c3ccc(C)cc3)N(CC)C2=O)ccc1OC. The van der Waals surface area contributed by atoms with Crippen LogP contribution in [0.2, 0.25) is 0 Å². The van der Waals surface area contributed by atoms with E-state index in [1.165, 1.54) is 17.0 Å². The molecule has 1 fully saturated rings.